The fourth-order valence-electron chi connectivity index (χ4n) is 1.60. The Morgan fingerprint density at radius 3 is 2.68 bits per heavy atom. The first-order chi connectivity index (χ1) is 8.80. The van der Waals surface area contributed by atoms with E-state index in [2.05, 4.69) is 5.32 Å². The van der Waals surface area contributed by atoms with Crippen molar-refractivity contribution in [2.75, 3.05) is 24.7 Å². The van der Waals surface area contributed by atoms with Crippen molar-refractivity contribution in [3.63, 3.8) is 0 Å². The number of nitrogen functional groups attached to an aromatic ring is 1. The summed E-state index contributed by atoms with van der Waals surface area (Å²) in [7, 11) is 1.32. The number of hydrogen-bond acceptors (Lipinski definition) is 5. The van der Waals surface area contributed by atoms with Crippen LogP contribution < -0.4 is 11.1 Å². The lowest BCUT2D eigenvalue weighted by Crippen LogP contribution is -2.32. The SMILES string of the molecule is CCC(C)(O)CNc1cc(C)c(N)c(C(=O)OC)c1. The Balaban J connectivity index is 2.98. The van der Waals surface area contributed by atoms with E-state index in [1.807, 2.05) is 19.9 Å². The zero-order valence-corrected chi connectivity index (χ0v) is 11.9. The van der Waals surface area contributed by atoms with Crippen LogP contribution in [0.3, 0.4) is 0 Å². The number of carbonyl (C=O) groups is 1. The predicted octanol–water partition coefficient (Wildman–Crippen LogP) is 1.94. The standard InChI is InChI=1S/C14H22N2O3/c1-5-14(3,18)8-16-10-6-9(2)12(15)11(7-10)13(17)19-4/h6-7,16,18H,5,8,15H2,1-4H3. The van der Waals surface area contributed by atoms with Crippen LogP contribution in [0, 0.1) is 6.92 Å². The Hall–Kier alpha value is -1.75. The van der Waals surface area contributed by atoms with Crippen molar-refractivity contribution in [2.45, 2.75) is 32.8 Å². The number of hydrogen-bond donors (Lipinski definition) is 3. The van der Waals surface area contributed by atoms with E-state index in [0.717, 1.165) is 11.3 Å². The second-order valence-corrected chi connectivity index (χ2v) is 4.95. The zero-order valence-electron chi connectivity index (χ0n) is 11.9. The third kappa shape index (κ3) is 3.86. The van der Waals surface area contributed by atoms with Gasteiger partial charge >= 0.3 is 5.97 Å². The van der Waals surface area contributed by atoms with Crippen LogP contribution in [0.5, 0.6) is 0 Å². The number of methoxy groups -OCH3 is 1. The van der Waals surface area contributed by atoms with E-state index >= 15 is 0 Å². The first kappa shape index (κ1) is 15.3. The molecule has 0 aromatic heterocycles. The minimum atomic E-state index is -0.791. The molecule has 1 rings (SSSR count). The van der Waals surface area contributed by atoms with E-state index < -0.39 is 11.6 Å². The molecule has 0 bridgehead atoms. The zero-order chi connectivity index (χ0) is 14.6. The molecular formula is C14H22N2O3. The van der Waals surface area contributed by atoms with Crippen molar-refractivity contribution < 1.29 is 14.6 Å². The van der Waals surface area contributed by atoms with Gasteiger partial charge in [0, 0.05) is 17.9 Å². The molecular weight excluding hydrogens is 244 g/mol. The molecule has 1 aromatic carbocycles. The van der Waals surface area contributed by atoms with Crippen molar-refractivity contribution in [1.29, 1.82) is 0 Å². The Morgan fingerprint density at radius 2 is 2.16 bits per heavy atom. The van der Waals surface area contributed by atoms with Crippen LogP contribution in [-0.4, -0.2) is 30.3 Å². The lowest BCUT2D eigenvalue weighted by molar-refractivity contribution is 0.0602. The topological polar surface area (TPSA) is 84.6 Å². The average molecular weight is 266 g/mol. The molecule has 0 fully saturated rings. The van der Waals surface area contributed by atoms with E-state index in [9.17, 15) is 9.90 Å². The van der Waals surface area contributed by atoms with E-state index in [0.29, 0.717) is 24.2 Å². The molecule has 106 valence electrons. The largest absolute Gasteiger partial charge is 0.465 e. The number of nitrogens with two attached hydrogens (primary N) is 1. The Kier molecular flexibility index (Phi) is 4.78. The lowest BCUT2D eigenvalue weighted by Gasteiger charge is -2.23. The van der Waals surface area contributed by atoms with Gasteiger partial charge in [-0.05, 0) is 38.0 Å². The number of aliphatic hydroxyl groups is 1. The van der Waals surface area contributed by atoms with Crippen molar-refractivity contribution in [3.8, 4) is 0 Å². The molecule has 4 N–H and O–H groups in total. The Bertz CT molecular complexity index is 470. The molecule has 0 spiro atoms. The van der Waals surface area contributed by atoms with Crippen molar-refractivity contribution >= 4 is 17.3 Å². The maximum absolute atomic E-state index is 11.6. The summed E-state index contributed by atoms with van der Waals surface area (Å²) in [5.74, 6) is -0.466. The second kappa shape index (κ2) is 5.93. The van der Waals surface area contributed by atoms with Crippen molar-refractivity contribution in [3.05, 3.63) is 23.3 Å². The highest BCUT2D eigenvalue weighted by Gasteiger charge is 2.18. The number of anilines is 2. The van der Waals surface area contributed by atoms with Gasteiger partial charge in [0.05, 0.1) is 18.3 Å². The monoisotopic (exact) mass is 266 g/mol. The van der Waals surface area contributed by atoms with Gasteiger partial charge in [-0.3, -0.25) is 0 Å². The summed E-state index contributed by atoms with van der Waals surface area (Å²) >= 11 is 0. The van der Waals surface area contributed by atoms with E-state index in [-0.39, 0.29) is 0 Å². The minimum absolute atomic E-state index is 0.334. The van der Waals surface area contributed by atoms with E-state index in [4.69, 9.17) is 10.5 Å². The highest BCUT2D eigenvalue weighted by molar-refractivity contribution is 5.97. The van der Waals surface area contributed by atoms with Crippen LogP contribution in [0.4, 0.5) is 11.4 Å². The maximum atomic E-state index is 11.6. The quantitative estimate of drug-likeness (QED) is 0.560. The van der Waals surface area contributed by atoms with Crippen LogP contribution in [0.1, 0.15) is 36.2 Å². The fraction of sp³-hybridized carbons (Fsp3) is 0.500. The average Bonchev–Trinajstić information content (AvgIpc) is 2.39. The molecule has 0 amide bonds. The van der Waals surface area contributed by atoms with Crippen molar-refractivity contribution in [1.82, 2.24) is 0 Å². The number of ether oxygens (including phenoxy) is 1. The molecule has 0 radical (unpaired) electrons. The van der Waals surface area contributed by atoms with Gasteiger partial charge in [-0.15, -0.1) is 0 Å². The number of carbonyl (C=O) groups excluding carboxylic acids is 1. The fourth-order valence-corrected chi connectivity index (χ4v) is 1.60. The minimum Gasteiger partial charge on any atom is -0.465 e. The number of esters is 1. The Morgan fingerprint density at radius 1 is 1.53 bits per heavy atom. The summed E-state index contributed by atoms with van der Waals surface area (Å²) < 4.78 is 4.70. The molecule has 5 nitrogen and oxygen atoms in total. The second-order valence-electron chi connectivity index (χ2n) is 4.95. The summed E-state index contributed by atoms with van der Waals surface area (Å²) in [5.41, 5.74) is 7.35. The van der Waals surface area contributed by atoms with E-state index in [1.165, 1.54) is 7.11 Å². The van der Waals surface area contributed by atoms with Crippen molar-refractivity contribution in [2.24, 2.45) is 0 Å². The smallest absolute Gasteiger partial charge is 0.340 e. The van der Waals surface area contributed by atoms with Crippen LogP contribution in [0.15, 0.2) is 12.1 Å². The third-order valence-corrected chi connectivity index (χ3v) is 3.23. The molecule has 0 aliphatic rings. The number of nitrogens with one attached hydrogen (secondary N) is 1. The normalized spacial score (nSPS) is 13.7. The van der Waals surface area contributed by atoms with Gasteiger partial charge in [-0.25, -0.2) is 4.79 Å². The van der Waals surface area contributed by atoms with Crippen LogP contribution in [0.25, 0.3) is 0 Å². The summed E-state index contributed by atoms with van der Waals surface area (Å²) in [4.78, 5) is 11.6. The van der Waals surface area contributed by atoms with Crippen LogP contribution >= 0.6 is 0 Å². The maximum Gasteiger partial charge on any atom is 0.340 e. The highest BCUT2D eigenvalue weighted by atomic mass is 16.5. The molecule has 19 heavy (non-hydrogen) atoms. The summed E-state index contributed by atoms with van der Waals surface area (Å²) in [6, 6.07) is 3.48. The first-order valence-corrected chi connectivity index (χ1v) is 6.25. The first-order valence-electron chi connectivity index (χ1n) is 6.25. The summed E-state index contributed by atoms with van der Waals surface area (Å²) in [6.45, 7) is 5.89. The third-order valence-electron chi connectivity index (χ3n) is 3.23. The van der Waals surface area contributed by atoms with Gasteiger partial charge in [0.2, 0.25) is 0 Å². The van der Waals surface area contributed by atoms with E-state index in [1.54, 1.807) is 13.0 Å². The predicted molar refractivity (Wildman–Crippen MR) is 76.3 cm³/mol. The van der Waals surface area contributed by atoms with Gasteiger partial charge < -0.3 is 20.9 Å². The molecule has 0 heterocycles. The van der Waals surface area contributed by atoms with Crippen LogP contribution in [0.2, 0.25) is 0 Å². The molecule has 1 atom stereocenters. The van der Waals surface area contributed by atoms with Gasteiger partial charge in [0.1, 0.15) is 0 Å². The van der Waals surface area contributed by atoms with Gasteiger partial charge in [0.15, 0.2) is 0 Å². The molecule has 0 saturated heterocycles. The van der Waals surface area contributed by atoms with Gasteiger partial charge in [0.25, 0.3) is 0 Å². The highest BCUT2D eigenvalue weighted by Crippen LogP contribution is 2.24. The van der Waals surface area contributed by atoms with Gasteiger partial charge in [-0.1, -0.05) is 6.92 Å². The lowest BCUT2D eigenvalue weighted by atomic mass is 10.0. The van der Waals surface area contributed by atoms with Gasteiger partial charge in [-0.2, -0.15) is 0 Å². The number of aryl methyl sites for hydroxylation is 1. The summed E-state index contributed by atoms with van der Waals surface area (Å²) in [6.07, 6.45) is 0.637. The number of benzene rings is 1. The Labute approximate surface area is 113 Å². The molecule has 0 aliphatic carbocycles. The molecule has 0 aliphatic heterocycles. The molecule has 1 aromatic rings. The molecule has 5 heteroatoms. The summed E-state index contributed by atoms with van der Waals surface area (Å²) in [5, 5.41) is 13.1. The number of rotatable bonds is 5. The molecule has 0 saturated carbocycles. The van der Waals surface area contributed by atoms with Crippen LogP contribution in [-0.2, 0) is 4.74 Å². The molecule has 1 unspecified atom stereocenters.